The average Bonchev–Trinajstić information content (AvgIpc) is 2.37. The Morgan fingerprint density at radius 2 is 1.75 bits per heavy atom. The van der Waals surface area contributed by atoms with Crippen LogP contribution in [-0.2, 0) is 10.2 Å². The van der Waals surface area contributed by atoms with E-state index < -0.39 is 0 Å². The van der Waals surface area contributed by atoms with Crippen molar-refractivity contribution in [3.8, 4) is 0 Å². The van der Waals surface area contributed by atoms with E-state index in [4.69, 9.17) is 0 Å². The molecule has 0 heterocycles. The Hall–Kier alpha value is -1.35. The number of nitrogens with zero attached hydrogens (tertiary/aromatic N) is 1. The fourth-order valence-corrected chi connectivity index (χ4v) is 2.72. The number of nitrogens with one attached hydrogen (secondary N) is 1. The maximum Gasteiger partial charge on any atom is 0.238 e. The second-order valence-electron chi connectivity index (χ2n) is 6.48. The molecular weight excluding hydrogens is 248 g/mol. The predicted molar refractivity (Wildman–Crippen MR) is 84.8 cm³/mol. The van der Waals surface area contributed by atoms with Crippen LogP contribution >= 0.6 is 0 Å². The van der Waals surface area contributed by atoms with Gasteiger partial charge in [0, 0.05) is 20.1 Å². The molecule has 1 amide bonds. The monoisotopic (exact) mass is 276 g/mol. The van der Waals surface area contributed by atoms with Gasteiger partial charge in [-0.3, -0.25) is 4.79 Å². The number of likely N-dealkylation sites (N-methyl/N-ethyl adjacent to an activating group) is 1. The molecule has 0 spiro atoms. The zero-order valence-corrected chi connectivity index (χ0v) is 13.6. The summed E-state index contributed by atoms with van der Waals surface area (Å²) >= 11 is 0. The highest BCUT2D eigenvalue weighted by atomic mass is 16.2. The number of carbonyl (C=O) groups excluding carboxylic acids is 1. The summed E-state index contributed by atoms with van der Waals surface area (Å²) in [5.74, 6) is 0.120. The summed E-state index contributed by atoms with van der Waals surface area (Å²) in [6, 6.07) is 10.7. The second kappa shape index (κ2) is 6.89. The van der Waals surface area contributed by atoms with E-state index in [2.05, 4.69) is 50.4 Å². The van der Waals surface area contributed by atoms with E-state index >= 15 is 0 Å². The summed E-state index contributed by atoms with van der Waals surface area (Å²) in [5, 5.41) is 3.40. The molecule has 1 aromatic rings. The van der Waals surface area contributed by atoms with Gasteiger partial charge in [-0.1, -0.05) is 44.2 Å². The van der Waals surface area contributed by atoms with Gasteiger partial charge in [0.05, 0.1) is 6.04 Å². The number of amides is 1. The van der Waals surface area contributed by atoms with Crippen LogP contribution in [0, 0.1) is 0 Å². The van der Waals surface area contributed by atoms with E-state index in [1.54, 1.807) is 19.0 Å². The Morgan fingerprint density at radius 1 is 1.20 bits per heavy atom. The summed E-state index contributed by atoms with van der Waals surface area (Å²) in [7, 11) is 3.58. The van der Waals surface area contributed by atoms with Gasteiger partial charge in [-0.05, 0) is 31.2 Å². The third kappa shape index (κ3) is 4.64. The first-order chi connectivity index (χ1) is 9.24. The molecule has 2 atom stereocenters. The lowest BCUT2D eigenvalue weighted by Crippen LogP contribution is -2.46. The van der Waals surface area contributed by atoms with Crippen LogP contribution in [0.25, 0.3) is 0 Å². The molecule has 1 rings (SSSR count). The molecule has 1 N–H and O–H groups in total. The van der Waals surface area contributed by atoms with Gasteiger partial charge in [0.2, 0.25) is 5.91 Å². The van der Waals surface area contributed by atoms with Crippen molar-refractivity contribution in [1.82, 2.24) is 10.2 Å². The normalized spacial score (nSPS) is 14.7. The fourth-order valence-electron chi connectivity index (χ4n) is 2.72. The van der Waals surface area contributed by atoms with Crippen molar-refractivity contribution in [3.05, 3.63) is 35.9 Å². The van der Waals surface area contributed by atoms with E-state index in [0.717, 1.165) is 6.42 Å². The minimum absolute atomic E-state index is 0.0918. The van der Waals surface area contributed by atoms with Crippen LogP contribution in [0.3, 0.4) is 0 Å². The second-order valence-corrected chi connectivity index (χ2v) is 6.48. The van der Waals surface area contributed by atoms with Crippen molar-refractivity contribution < 1.29 is 4.79 Å². The largest absolute Gasteiger partial charge is 0.347 e. The van der Waals surface area contributed by atoms with Crippen LogP contribution in [0.5, 0.6) is 0 Å². The zero-order chi connectivity index (χ0) is 15.3. The van der Waals surface area contributed by atoms with Gasteiger partial charge in [-0.15, -0.1) is 0 Å². The van der Waals surface area contributed by atoms with E-state index in [0.29, 0.717) is 0 Å². The zero-order valence-electron chi connectivity index (χ0n) is 13.6. The van der Waals surface area contributed by atoms with E-state index in [9.17, 15) is 4.79 Å². The van der Waals surface area contributed by atoms with Gasteiger partial charge in [0.1, 0.15) is 0 Å². The van der Waals surface area contributed by atoms with E-state index in [1.807, 2.05) is 13.0 Å². The van der Waals surface area contributed by atoms with Crippen LogP contribution in [0.2, 0.25) is 0 Å². The standard InChI is InChI=1S/C17H28N2O/c1-13(18-14(2)16(20)19(5)6)12-17(3,4)15-10-8-7-9-11-15/h7-11,13-14,18H,12H2,1-6H3. The van der Waals surface area contributed by atoms with Crippen molar-refractivity contribution in [2.45, 2.75) is 51.6 Å². The molecule has 20 heavy (non-hydrogen) atoms. The van der Waals surface area contributed by atoms with Crippen molar-refractivity contribution in [2.75, 3.05) is 14.1 Å². The Bertz CT molecular complexity index is 426. The summed E-state index contributed by atoms with van der Waals surface area (Å²) in [5.41, 5.74) is 1.43. The highest BCUT2D eigenvalue weighted by molar-refractivity contribution is 5.80. The fraction of sp³-hybridized carbons (Fsp3) is 0.588. The molecule has 3 nitrogen and oxygen atoms in total. The maximum atomic E-state index is 11.9. The molecule has 1 aromatic carbocycles. The first-order valence-electron chi connectivity index (χ1n) is 7.27. The van der Waals surface area contributed by atoms with Crippen molar-refractivity contribution in [2.24, 2.45) is 0 Å². The van der Waals surface area contributed by atoms with Gasteiger partial charge in [0.15, 0.2) is 0 Å². The van der Waals surface area contributed by atoms with Crippen LogP contribution in [0.4, 0.5) is 0 Å². The molecule has 2 unspecified atom stereocenters. The molecule has 0 radical (unpaired) electrons. The number of rotatable bonds is 6. The van der Waals surface area contributed by atoms with Crippen LogP contribution in [0.15, 0.2) is 30.3 Å². The first kappa shape index (κ1) is 16.7. The van der Waals surface area contributed by atoms with E-state index in [-0.39, 0.29) is 23.4 Å². The molecule has 0 aromatic heterocycles. The molecule has 0 aliphatic heterocycles. The lowest BCUT2D eigenvalue weighted by atomic mass is 9.79. The molecule has 0 saturated carbocycles. The molecular formula is C17H28N2O. The van der Waals surface area contributed by atoms with Crippen molar-refractivity contribution in [3.63, 3.8) is 0 Å². The molecule has 0 aliphatic rings. The van der Waals surface area contributed by atoms with Gasteiger partial charge < -0.3 is 10.2 Å². The third-order valence-electron chi connectivity index (χ3n) is 3.72. The van der Waals surface area contributed by atoms with Crippen LogP contribution in [0.1, 0.15) is 39.7 Å². The minimum atomic E-state index is -0.147. The van der Waals surface area contributed by atoms with Gasteiger partial charge >= 0.3 is 0 Å². The quantitative estimate of drug-likeness (QED) is 0.866. The number of hydrogen-bond donors (Lipinski definition) is 1. The lowest BCUT2D eigenvalue weighted by Gasteiger charge is -2.31. The molecule has 0 bridgehead atoms. The number of carbonyl (C=O) groups is 1. The average molecular weight is 276 g/mol. The Morgan fingerprint density at radius 3 is 2.25 bits per heavy atom. The lowest BCUT2D eigenvalue weighted by molar-refractivity contribution is -0.130. The summed E-state index contributed by atoms with van der Waals surface area (Å²) in [4.78, 5) is 13.5. The summed E-state index contributed by atoms with van der Waals surface area (Å²) < 4.78 is 0. The number of hydrogen-bond acceptors (Lipinski definition) is 2. The van der Waals surface area contributed by atoms with Crippen molar-refractivity contribution in [1.29, 1.82) is 0 Å². The Kier molecular flexibility index (Phi) is 5.75. The van der Waals surface area contributed by atoms with E-state index in [1.165, 1.54) is 5.56 Å². The van der Waals surface area contributed by atoms with Gasteiger partial charge in [-0.25, -0.2) is 0 Å². The topological polar surface area (TPSA) is 32.3 Å². The molecule has 0 fully saturated rings. The van der Waals surface area contributed by atoms with Gasteiger partial charge in [-0.2, -0.15) is 0 Å². The van der Waals surface area contributed by atoms with Crippen molar-refractivity contribution >= 4 is 5.91 Å². The highest BCUT2D eigenvalue weighted by Crippen LogP contribution is 2.28. The number of benzene rings is 1. The smallest absolute Gasteiger partial charge is 0.238 e. The first-order valence-corrected chi connectivity index (χ1v) is 7.27. The maximum absolute atomic E-state index is 11.9. The minimum Gasteiger partial charge on any atom is -0.347 e. The third-order valence-corrected chi connectivity index (χ3v) is 3.72. The van der Waals surface area contributed by atoms with Crippen LogP contribution < -0.4 is 5.32 Å². The highest BCUT2D eigenvalue weighted by Gasteiger charge is 2.25. The SMILES string of the molecule is CC(CC(C)(C)c1ccccc1)NC(C)C(=O)N(C)C. The molecule has 3 heteroatoms. The molecule has 0 aliphatic carbocycles. The van der Waals surface area contributed by atoms with Gasteiger partial charge in [0.25, 0.3) is 0 Å². The molecule has 112 valence electrons. The summed E-state index contributed by atoms with van der Waals surface area (Å²) in [6.07, 6.45) is 0.988. The molecule has 0 saturated heterocycles. The summed E-state index contributed by atoms with van der Waals surface area (Å²) in [6.45, 7) is 8.57. The van der Waals surface area contributed by atoms with Crippen LogP contribution in [-0.4, -0.2) is 37.0 Å². The predicted octanol–water partition coefficient (Wildman–Crippen LogP) is 2.81. The Labute approximate surface area is 123 Å². The Balaban J connectivity index is 2.62.